The molecule has 2 aliphatic heterocycles. The van der Waals surface area contributed by atoms with Gasteiger partial charge in [0.25, 0.3) is 0 Å². The smallest absolute Gasteiger partial charge is 0.239 e. The molecule has 2 amide bonds. The molecular formula is C19H33N3O2. The average Bonchev–Trinajstić information content (AvgIpc) is 2.86. The van der Waals surface area contributed by atoms with E-state index >= 15 is 0 Å². The molecule has 0 aromatic carbocycles. The van der Waals surface area contributed by atoms with Crippen LogP contribution in [0.4, 0.5) is 0 Å². The van der Waals surface area contributed by atoms with Crippen molar-refractivity contribution in [1.82, 2.24) is 15.1 Å². The monoisotopic (exact) mass is 335 g/mol. The molecule has 0 radical (unpaired) electrons. The Kier molecular flexibility index (Phi) is 5.80. The summed E-state index contributed by atoms with van der Waals surface area (Å²) >= 11 is 0. The van der Waals surface area contributed by atoms with E-state index in [1.165, 1.54) is 32.1 Å². The van der Waals surface area contributed by atoms with E-state index < -0.39 is 0 Å². The van der Waals surface area contributed by atoms with Crippen molar-refractivity contribution in [2.24, 2.45) is 5.92 Å². The number of hydrogen-bond acceptors (Lipinski definition) is 3. The number of fused-ring (bicyclic) bond motifs is 1. The Morgan fingerprint density at radius 1 is 1.08 bits per heavy atom. The van der Waals surface area contributed by atoms with Gasteiger partial charge in [-0.2, -0.15) is 0 Å². The van der Waals surface area contributed by atoms with Crippen LogP contribution in [-0.4, -0.2) is 59.4 Å². The molecule has 0 aromatic rings. The van der Waals surface area contributed by atoms with Gasteiger partial charge in [0.2, 0.25) is 11.8 Å². The standard InChI is InChI=1S/C19H33N3O2/c1-14-6-5-7-15(2)21(14)11-10-20-18(23)13-22-17-9-4-3-8-16(17)12-19(22)24/h14-17H,3-13H2,1-2H3,(H,20,23)/t14-,15+,16-,17-/m1/s1. The predicted molar refractivity (Wildman–Crippen MR) is 94.6 cm³/mol. The van der Waals surface area contributed by atoms with Crippen LogP contribution in [0.25, 0.3) is 0 Å². The number of nitrogens with one attached hydrogen (secondary N) is 1. The number of rotatable bonds is 5. The van der Waals surface area contributed by atoms with E-state index in [9.17, 15) is 9.59 Å². The van der Waals surface area contributed by atoms with Gasteiger partial charge < -0.3 is 10.2 Å². The molecule has 1 saturated carbocycles. The van der Waals surface area contributed by atoms with Gasteiger partial charge in [0.1, 0.15) is 0 Å². The van der Waals surface area contributed by atoms with Crippen molar-refractivity contribution in [3.63, 3.8) is 0 Å². The van der Waals surface area contributed by atoms with Crippen molar-refractivity contribution in [2.75, 3.05) is 19.6 Å². The van der Waals surface area contributed by atoms with Crippen LogP contribution in [0.1, 0.15) is 65.2 Å². The van der Waals surface area contributed by atoms with E-state index in [1.807, 2.05) is 4.90 Å². The van der Waals surface area contributed by atoms with Gasteiger partial charge in [0.05, 0.1) is 6.54 Å². The summed E-state index contributed by atoms with van der Waals surface area (Å²) in [5.74, 6) is 0.682. The van der Waals surface area contributed by atoms with E-state index in [0.717, 1.165) is 19.4 Å². The average molecular weight is 335 g/mol. The van der Waals surface area contributed by atoms with Crippen molar-refractivity contribution in [3.8, 4) is 0 Å². The highest BCUT2D eigenvalue weighted by atomic mass is 16.2. The molecule has 5 nitrogen and oxygen atoms in total. The number of piperidine rings is 1. The number of carbonyl (C=O) groups excluding carboxylic acids is 2. The van der Waals surface area contributed by atoms with Crippen molar-refractivity contribution in [2.45, 2.75) is 83.3 Å². The first-order chi connectivity index (χ1) is 11.6. The third-order valence-corrected chi connectivity index (χ3v) is 6.41. The number of likely N-dealkylation sites (tertiary alicyclic amines) is 2. The Bertz CT molecular complexity index is 458. The van der Waals surface area contributed by atoms with Gasteiger partial charge in [-0.1, -0.05) is 19.3 Å². The van der Waals surface area contributed by atoms with Gasteiger partial charge in [-0.3, -0.25) is 14.5 Å². The summed E-state index contributed by atoms with van der Waals surface area (Å²) in [6, 6.07) is 1.53. The van der Waals surface area contributed by atoms with Gasteiger partial charge in [-0.05, 0) is 45.4 Å². The number of amides is 2. The van der Waals surface area contributed by atoms with Crippen molar-refractivity contribution >= 4 is 11.8 Å². The van der Waals surface area contributed by atoms with Gasteiger partial charge in [-0.15, -0.1) is 0 Å². The second kappa shape index (κ2) is 7.85. The molecule has 0 spiro atoms. The number of nitrogens with zero attached hydrogens (tertiary/aromatic N) is 2. The quantitative estimate of drug-likeness (QED) is 0.838. The Balaban J connectivity index is 1.43. The van der Waals surface area contributed by atoms with Gasteiger partial charge in [0, 0.05) is 37.6 Å². The minimum absolute atomic E-state index is 0.00638. The molecule has 3 rings (SSSR count). The highest BCUT2D eigenvalue weighted by molar-refractivity contribution is 5.86. The first-order valence-corrected chi connectivity index (χ1v) is 9.88. The van der Waals surface area contributed by atoms with Gasteiger partial charge in [-0.25, -0.2) is 0 Å². The minimum atomic E-state index is 0.00638. The molecule has 1 N–H and O–H groups in total. The largest absolute Gasteiger partial charge is 0.353 e. The minimum Gasteiger partial charge on any atom is -0.353 e. The molecule has 2 heterocycles. The fourth-order valence-electron chi connectivity index (χ4n) is 5.02. The maximum absolute atomic E-state index is 12.3. The molecular weight excluding hydrogens is 302 g/mol. The van der Waals surface area contributed by atoms with E-state index in [0.29, 0.717) is 37.0 Å². The predicted octanol–water partition coefficient (Wildman–Crippen LogP) is 2.16. The third kappa shape index (κ3) is 3.93. The number of carbonyl (C=O) groups is 2. The van der Waals surface area contributed by atoms with Crippen LogP contribution in [0.3, 0.4) is 0 Å². The lowest BCUT2D eigenvalue weighted by molar-refractivity contribution is -0.134. The molecule has 2 saturated heterocycles. The molecule has 5 heteroatoms. The first-order valence-electron chi connectivity index (χ1n) is 9.88. The fraction of sp³-hybridized carbons (Fsp3) is 0.895. The zero-order chi connectivity index (χ0) is 17.1. The lowest BCUT2D eigenvalue weighted by atomic mass is 9.85. The summed E-state index contributed by atoms with van der Waals surface area (Å²) in [6.45, 7) is 6.41. The van der Waals surface area contributed by atoms with Gasteiger partial charge >= 0.3 is 0 Å². The molecule has 4 atom stereocenters. The summed E-state index contributed by atoms with van der Waals surface area (Å²) in [4.78, 5) is 28.9. The lowest BCUT2D eigenvalue weighted by Crippen LogP contribution is -2.49. The van der Waals surface area contributed by atoms with Crippen LogP contribution >= 0.6 is 0 Å². The van der Waals surface area contributed by atoms with Crippen LogP contribution < -0.4 is 5.32 Å². The third-order valence-electron chi connectivity index (χ3n) is 6.41. The molecule has 0 bridgehead atoms. The fourth-order valence-corrected chi connectivity index (χ4v) is 5.02. The van der Waals surface area contributed by atoms with E-state index in [2.05, 4.69) is 24.1 Å². The summed E-state index contributed by atoms with van der Waals surface area (Å²) < 4.78 is 0. The molecule has 136 valence electrons. The molecule has 0 aromatic heterocycles. The molecule has 3 aliphatic rings. The van der Waals surface area contributed by atoms with E-state index in [-0.39, 0.29) is 18.4 Å². The maximum Gasteiger partial charge on any atom is 0.239 e. The van der Waals surface area contributed by atoms with Gasteiger partial charge in [0.15, 0.2) is 0 Å². The van der Waals surface area contributed by atoms with Crippen LogP contribution in [0.5, 0.6) is 0 Å². The second-order valence-corrected chi connectivity index (χ2v) is 8.05. The summed E-state index contributed by atoms with van der Waals surface area (Å²) in [7, 11) is 0. The Labute approximate surface area is 146 Å². The normalized spacial score (nSPS) is 34.2. The SMILES string of the molecule is C[C@@H]1CCC[C@H](C)N1CCNC(=O)CN1C(=O)C[C@H]2CCCC[C@H]21. The highest BCUT2D eigenvalue weighted by Gasteiger charge is 2.41. The Morgan fingerprint density at radius 3 is 2.54 bits per heavy atom. The van der Waals surface area contributed by atoms with Crippen LogP contribution in [0, 0.1) is 5.92 Å². The van der Waals surface area contributed by atoms with Crippen molar-refractivity contribution in [1.29, 1.82) is 0 Å². The van der Waals surface area contributed by atoms with Crippen molar-refractivity contribution < 1.29 is 9.59 Å². The first kappa shape index (κ1) is 17.7. The van der Waals surface area contributed by atoms with E-state index in [1.54, 1.807) is 0 Å². The molecule has 1 aliphatic carbocycles. The summed E-state index contributed by atoms with van der Waals surface area (Å²) in [6.07, 6.45) is 9.13. The van der Waals surface area contributed by atoms with Crippen LogP contribution in [0.15, 0.2) is 0 Å². The number of hydrogen-bond donors (Lipinski definition) is 1. The zero-order valence-electron chi connectivity index (χ0n) is 15.3. The highest BCUT2D eigenvalue weighted by Crippen LogP contribution is 2.36. The molecule has 0 unspecified atom stereocenters. The zero-order valence-corrected chi connectivity index (χ0v) is 15.3. The Hall–Kier alpha value is -1.10. The van der Waals surface area contributed by atoms with E-state index in [4.69, 9.17) is 0 Å². The maximum atomic E-state index is 12.3. The Morgan fingerprint density at radius 2 is 1.79 bits per heavy atom. The summed E-state index contributed by atoms with van der Waals surface area (Å²) in [5, 5.41) is 3.04. The van der Waals surface area contributed by atoms with Crippen LogP contribution in [0.2, 0.25) is 0 Å². The molecule has 3 fully saturated rings. The lowest BCUT2D eigenvalue weighted by Gasteiger charge is -2.39. The summed E-state index contributed by atoms with van der Waals surface area (Å²) in [5.41, 5.74) is 0. The topological polar surface area (TPSA) is 52.7 Å². The van der Waals surface area contributed by atoms with Crippen LogP contribution in [-0.2, 0) is 9.59 Å². The second-order valence-electron chi connectivity index (χ2n) is 8.05. The molecule has 24 heavy (non-hydrogen) atoms. The van der Waals surface area contributed by atoms with Crippen molar-refractivity contribution in [3.05, 3.63) is 0 Å².